The average Bonchev–Trinajstić information content (AvgIpc) is 2.73. The van der Waals surface area contributed by atoms with Crippen LogP contribution in [0, 0.1) is 5.41 Å². The second-order valence-corrected chi connectivity index (χ2v) is 7.18. The number of hydrogen-bond donors (Lipinski definition) is 1. The summed E-state index contributed by atoms with van der Waals surface area (Å²) in [6.45, 7) is 0. The molecule has 1 heterocycles. The normalized spacial score (nSPS) is 18.7. The lowest BCUT2D eigenvalue weighted by Crippen LogP contribution is -2.28. The molecule has 4 heteroatoms. The monoisotopic (exact) mass is 330 g/mol. The predicted molar refractivity (Wildman–Crippen MR) is 78.1 cm³/mol. The molecule has 0 saturated heterocycles. The Morgan fingerprint density at radius 3 is 2.67 bits per heavy atom. The minimum Gasteiger partial charge on any atom is -0.481 e. The van der Waals surface area contributed by atoms with Crippen LogP contribution in [-0.2, 0) is 11.2 Å². The smallest absolute Gasteiger partial charge is 0.303 e. The van der Waals surface area contributed by atoms with Crippen molar-refractivity contribution in [3.63, 3.8) is 0 Å². The highest BCUT2D eigenvalue weighted by molar-refractivity contribution is 9.10. The minimum absolute atomic E-state index is 0.0491. The molecule has 18 heavy (non-hydrogen) atoms. The van der Waals surface area contributed by atoms with E-state index in [1.165, 1.54) is 28.6 Å². The molecule has 100 valence electrons. The quantitative estimate of drug-likeness (QED) is 0.836. The number of carboxylic acid groups (broad SMARTS) is 1. The van der Waals surface area contributed by atoms with Gasteiger partial charge < -0.3 is 5.11 Å². The van der Waals surface area contributed by atoms with Crippen molar-refractivity contribution in [3.8, 4) is 0 Å². The Labute approximate surface area is 121 Å². The van der Waals surface area contributed by atoms with E-state index < -0.39 is 5.97 Å². The molecule has 2 nitrogen and oxygen atoms in total. The molecule has 0 aromatic carbocycles. The molecule has 0 spiro atoms. The van der Waals surface area contributed by atoms with Crippen LogP contribution in [0.3, 0.4) is 0 Å². The highest BCUT2D eigenvalue weighted by atomic mass is 79.9. The molecule has 0 bridgehead atoms. The van der Waals surface area contributed by atoms with E-state index in [1.807, 2.05) is 0 Å². The van der Waals surface area contributed by atoms with Gasteiger partial charge in [-0.2, -0.15) is 0 Å². The summed E-state index contributed by atoms with van der Waals surface area (Å²) in [5.74, 6) is -0.637. The lowest BCUT2D eigenvalue weighted by Gasteiger charge is -2.36. The first-order valence-corrected chi connectivity index (χ1v) is 8.22. The number of hydrogen-bond acceptors (Lipinski definition) is 2. The van der Waals surface area contributed by atoms with Gasteiger partial charge in [0.1, 0.15) is 0 Å². The summed E-state index contributed by atoms with van der Waals surface area (Å²) >= 11 is 5.32. The number of halogens is 1. The van der Waals surface area contributed by atoms with Gasteiger partial charge in [0.2, 0.25) is 0 Å². The summed E-state index contributed by atoms with van der Waals surface area (Å²) in [5.41, 5.74) is 0.0491. The van der Waals surface area contributed by atoms with Gasteiger partial charge in [0.05, 0.1) is 6.42 Å². The summed E-state index contributed by atoms with van der Waals surface area (Å²) in [6, 6.07) is 2.07. The second-order valence-electron chi connectivity index (χ2n) is 5.32. The third kappa shape index (κ3) is 3.58. The molecule has 1 aromatic heterocycles. The molecule has 1 aliphatic rings. The van der Waals surface area contributed by atoms with E-state index in [-0.39, 0.29) is 5.41 Å². The van der Waals surface area contributed by atoms with Crippen molar-refractivity contribution in [2.45, 2.75) is 51.4 Å². The SMILES string of the molecule is O=C(O)CC1(CCc2sccc2Br)CCCCC1. The Balaban J connectivity index is 2.01. The summed E-state index contributed by atoms with van der Waals surface area (Å²) in [7, 11) is 0. The maximum atomic E-state index is 11.1. The van der Waals surface area contributed by atoms with Gasteiger partial charge in [0.15, 0.2) is 0 Å². The fourth-order valence-corrected chi connectivity index (χ4v) is 4.57. The summed E-state index contributed by atoms with van der Waals surface area (Å²) in [6.07, 6.45) is 8.19. The van der Waals surface area contributed by atoms with Crippen molar-refractivity contribution in [2.24, 2.45) is 5.41 Å². The van der Waals surface area contributed by atoms with Gasteiger partial charge in [-0.05, 0) is 58.5 Å². The first-order valence-electron chi connectivity index (χ1n) is 6.55. The number of carboxylic acids is 1. The molecule has 0 atom stereocenters. The maximum absolute atomic E-state index is 11.1. The van der Waals surface area contributed by atoms with Crippen LogP contribution < -0.4 is 0 Å². The molecule has 1 N–H and O–H groups in total. The minimum atomic E-state index is -0.637. The lowest BCUT2D eigenvalue weighted by atomic mass is 9.69. The van der Waals surface area contributed by atoms with Gasteiger partial charge in [-0.1, -0.05) is 19.3 Å². The predicted octanol–water partition coefficient (Wildman–Crippen LogP) is 4.87. The van der Waals surface area contributed by atoms with Gasteiger partial charge in [0, 0.05) is 9.35 Å². The summed E-state index contributed by atoms with van der Waals surface area (Å²) in [5, 5.41) is 11.2. The largest absolute Gasteiger partial charge is 0.481 e. The Morgan fingerprint density at radius 1 is 1.39 bits per heavy atom. The van der Waals surface area contributed by atoms with Gasteiger partial charge in [0.25, 0.3) is 0 Å². The molecule has 1 fully saturated rings. The summed E-state index contributed by atoms with van der Waals surface area (Å²) < 4.78 is 1.17. The van der Waals surface area contributed by atoms with Crippen LogP contribution in [0.15, 0.2) is 15.9 Å². The Bertz CT molecular complexity index is 408. The topological polar surface area (TPSA) is 37.3 Å². The number of thiophene rings is 1. The van der Waals surface area contributed by atoms with Crippen molar-refractivity contribution in [1.82, 2.24) is 0 Å². The number of aliphatic carboxylic acids is 1. The van der Waals surface area contributed by atoms with Crippen molar-refractivity contribution in [3.05, 3.63) is 20.8 Å². The molecule has 1 aliphatic carbocycles. The first kappa shape index (κ1) is 14.1. The zero-order valence-electron chi connectivity index (χ0n) is 10.5. The molecule has 1 saturated carbocycles. The third-order valence-corrected chi connectivity index (χ3v) is 6.00. The molecule has 1 aromatic rings. The van der Waals surface area contributed by atoms with Crippen LogP contribution >= 0.6 is 27.3 Å². The molecule has 0 unspecified atom stereocenters. The van der Waals surface area contributed by atoms with E-state index in [4.69, 9.17) is 5.11 Å². The van der Waals surface area contributed by atoms with Crippen molar-refractivity contribution < 1.29 is 9.90 Å². The van der Waals surface area contributed by atoms with Crippen LogP contribution in [0.1, 0.15) is 49.8 Å². The molecule has 2 rings (SSSR count). The third-order valence-electron chi connectivity index (χ3n) is 4.01. The first-order chi connectivity index (χ1) is 8.61. The van der Waals surface area contributed by atoms with Crippen LogP contribution in [0.2, 0.25) is 0 Å². The fourth-order valence-electron chi connectivity index (χ4n) is 3.02. The average molecular weight is 331 g/mol. The van der Waals surface area contributed by atoms with E-state index >= 15 is 0 Å². The lowest BCUT2D eigenvalue weighted by molar-refractivity contribution is -0.140. The number of rotatable bonds is 5. The Kier molecular flexibility index (Phi) is 4.84. The van der Waals surface area contributed by atoms with Gasteiger partial charge >= 0.3 is 5.97 Å². The molecule has 0 aliphatic heterocycles. The number of aryl methyl sites for hydroxylation is 1. The van der Waals surface area contributed by atoms with E-state index in [0.29, 0.717) is 6.42 Å². The van der Waals surface area contributed by atoms with Gasteiger partial charge in [-0.3, -0.25) is 4.79 Å². The second kappa shape index (κ2) is 6.20. The highest BCUT2D eigenvalue weighted by Gasteiger charge is 2.34. The zero-order valence-corrected chi connectivity index (χ0v) is 12.9. The van der Waals surface area contributed by atoms with E-state index in [9.17, 15) is 4.79 Å². The Morgan fingerprint density at radius 2 is 2.11 bits per heavy atom. The molecular weight excluding hydrogens is 312 g/mol. The van der Waals surface area contributed by atoms with Crippen molar-refractivity contribution >= 4 is 33.2 Å². The summed E-state index contributed by atoms with van der Waals surface area (Å²) in [4.78, 5) is 12.4. The Hall–Kier alpha value is -0.350. The van der Waals surface area contributed by atoms with Crippen LogP contribution in [0.25, 0.3) is 0 Å². The van der Waals surface area contributed by atoms with Crippen LogP contribution in [0.5, 0.6) is 0 Å². The maximum Gasteiger partial charge on any atom is 0.303 e. The highest BCUT2D eigenvalue weighted by Crippen LogP contribution is 2.43. The fraction of sp³-hybridized carbons (Fsp3) is 0.643. The molecular formula is C14H19BrO2S. The van der Waals surface area contributed by atoms with Crippen molar-refractivity contribution in [2.75, 3.05) is 0 Å². The zero-order chi connectivity index (χ0) is 13.0. The number of carbonyl (C=O) groups is 1. The van der Waals surface area contributed by atoms with E-state index in [2.05, 4.69) is 27.4 Å². The van der Waals surface area contributed by atoms with Crippen LogP contribution in [-0.4, -0.2) is 11.1 Å². The molecule has 0 radical (unpaired) electrons. The van der Waals surface area contributed by atoms with Gasteiger partial charge in [-0.15, -0.1) is 11.3 Å². The van der Waals surface area contributed by atoms with Crippen LogP contribution in [0.4, 0.5) is 0 Å². The van der Waals surface area contributed by atoms with Gasteiger partial charge in [-0.25, -0.2) is 0 Å². The standard InChI is InChI=1S/C14H19BrO2S/c15-11-5-9-18-12(11)4-8-14(10-13(16)17)6-2-1-3-7-14/h5,9H,1-4,6-8,10H2,(H,16,17). The van der Waals surface area contributed by atoms with E-state index in [0.717, 1.165) is 25.7 Å². The van der Waals surface area contributed by atoms with Crippen molar-refractivity contribution in [1.29, 1.82) is 0 Å². The molecule has 0 amide bonds. The van der Waals surface area contributed by atoms with E-state index in [1.54, 1.807) is 11.3 Å².